The number of hydrogen-bond acceptors (Lipinski definition) is 4. The molecule has 8 heteroatoms. The summed E-state index contributed by atoms with van der Waals surface area (Å²) in [4.78, 5) is 10.4. The molecule has 1 aliphatic heterocycles. The Hall–Kier alpha value is -2.10. The summed E-state index contributed by atoms with van der Waals surface area (Å²) in [5.74, 6) is 1.84. The first-order chi connectivity index (χ1) is 14.2. The molecule has 0 amide bonds. The van der Waals surface area contributed by atoms with Gasteiger partial charge in [0.25, 0.3) is 0 Å². The molecule has 1 atom stereocenters. The van der Waals surface area contributed by atoms with Crippen LogP contribution in [0.15, 0.2) is 47.6 Å². The molecule has 3 rings (SSSR count). The maximum atomic E-state index is 13.9. The molecule has 0 saturated carbocycles. The van der Waals surface area contributed by atoms with Crippen LogP contribution in [0.4, 0.5) is 10.2 Å². The minimum Gasteiger partial charge on any atom is -0.494 e. The number of pyridine rings is 1. The number of benzene rings is 1. The van der Waals surface area contributed by atoms with Crippen LogP contribution >= 0.6 is 24.0 Å². The van der Waals surface area contributed by atoms with Crippen molar-refractivity contribution >= 4 is 35.8 Å². The maximum Gasteiger partial charge on any atom is 0.191 e. The zero-order valence-corrected chi connectivity index (χ0v) is 19.9. The van der Waals surface area contributed by atoms with Crippen LogP contribution in [0.25, 0.3) is 0 Å². The summed E-state index contributed by atoms with van der Waals surface area (Å²) in [5.41, 5.74) is 1.23. The zero-order chi connectivity index (χ0) is 20.5. The van der Waals surface area contributed by atoms with Gasteiger partial charge in [0.1, 0.15) is 5.75 Å². The second kappa shape index (κ2) is 12.6. The molecule has 1 unspecified atom stereocenters. The lowest BCUT2D eigenvalue weighted by molar-refractivity contribution is 0.307. The standard InChI is InChI=1S/C22H30FN5O.HI/c1-17-7-9-19(10-8-17)29-15-4-3-12-26-22(24-2)27-18-11-14-28(16-18)21-20(23)6-5-13-25-21;/h5-10,13,18H,3-4,11-12,14-16H2,1-2H3,(H2,24,26,27);1H. The van der Waals surface area contributed by atoms with E-state index in [1.165, 1.54) is 11.6 Å². The van der Waals surface area contributed by atoms with Crippen molar-refractivity contribution in [2.24, 2.45) is 4.99 Å². The first kappa shape index (κ1) is 24.2. The highest BCUT2D eigenvalue weighted by atomic mass is 127. The molecule has 6 nitrogen and oxygen atoms in total. The van der Waals surface area contributed by atoms with E-state index in [0.29, 0.717) is 19.0 Å². The van der Waals surface area contributed by atoms with Gasteiger partial charge >= 0.3 is 0 Å². The van der Waals surface area contributed by atoms with Gasteiger partial charge in [0.2, 0.25) is 0 Å². The summed E-state index contributed by atoms with van der Waals surface area (Å²) in [5, 5.41) is 6.77. The third-order valence-corrected chi connectivity index (χ3v) is 4.94. The number of aliphatic imine (C=N–C) groups is 1. The monoisotopic (exact) mass is 527 g/mol. The predicted molar refractivity (Wildman–Crippen MR) is 131 cm³/mol. The van der Waals surface area contributed by atoms with Crippen molar-refractivity contribution in [3.63, 3.8) is 0 Å². The number of anilines is 1. The Bertz CT molecular complexity index is 802. The lowest BCUT2D eigenvalue weighted by Crippen LogP contribution is -2.45. The third-order valence-electron chi connectivity index (χ3n) is 4.94. The Balaban J connectivity index is 0.00000320. The van der Waals surface area contributed by atoms with Crippen molar-refractivity contribution in [2.45, 2.75) is 32.2 Å². The molecule has 0 aliphatic carbocycles. The average Bonchev–Trinajstić information content (AvgIpc) is 3.19. The number of unbranched alkanes of at least 4 members (excludes halogenated alkanes) is 1. The molecule has 1 fully saturated rings. The molecule has 2 N–H and O–H groups in total. The Morgan fingerprint density at radius 3 is 2.80 bits per heavy atom. The summed E-state index contributed by atoms with van der Waals surface area (Å²) in [6.45, 7) is 5.07. The largest absolute Gasteiger partial charge is 0.494 e. The van der Waals surface area contributed by atoms with E-state index in [9.17, 15) is 4.39 Å². The van der Waals surface area contributed by atoms with E-state index in [1.807, 2.05) is 17.0 Å². The van der Waals surface area contributed by atoms with Crippen LogP contribution in [-0.4, -0.2) is 50.3 Å². The maximum absolute atomic E-state index is 13.9. The molecular formula is C22H31FIN5O. The van der Waals surface area contributed by atoms with Crippen LogP contribution in [0, 0.1) is 12.7 Å². The molecule has 1 aromatic heterocycles. The van der Waals surface area contributed by atoms with Gasteiger partial charge in [0.05, 0.1) is 6.61 Å². The number of rotatable bonds is 8. The van der Waals surface area contributed by atoms with Crippen LogP contribution in [0.1, 0.15) is 24.8 Å². The Kier molecular flexibility index (Phi) is 10.1. The summed E-state index contributed by atoms with van der Waals surface area (Å²) in [6, 6.07) is 11.4. The van der Waals surface area contributed by atoms with E-state index in [4.69, 9.17) is 4.74 Å². The van der Waals surface area contributed by atoms with Gasteiger partial charge in [-0.1, -0.05) is 17.7 Å². The van der Waals surface area contributed by atoms with Crippen molar-refractivity contribution in [1.82, 2.24) is 15.6 Å². The van der Waals surface area contributed by atoms with Crippen molar-refractivity contribution < 1.29 is 9.13 Å². The van der Waals surface area contributed by atoms with Gasteiger partial charge in [0, 0.05) is 38.9 Å². The normalized spacial score (nSPS) is 16.2. The second-order valence-electron chi connectivity index (χ2n) is 7.25. The first-order valence-electron chi connectivity index (χ1n) is 10.2. The van der Waals surface area contributed by atoms with Crippen LogP contribution in [0.3, 0.4) is 0 Å². The number of nitrogens with zero attached hydrogens (tertiary/aromatic N) is 3. The Labute approximate surface area is 195 Å². The van der Waals surface area contributed by atoms with Gasteiger partial charge < -0.3 is 20.3 Å². The molecule has 30 heavy (non-hydrogen) atoms. The van der Waals surface area contributed by atoms with E-state index in [-0.39, 0.29) is 35.8 Å². The summed E-state index contributed by atoms with van der Waals surface area (Å²) in [6.07, 6.45) is 4.50. The van der Waals surface area contributed by atoms with Crippen molar-refractivity contribution in [3.05, 3.63) is 54.0 Å². The van der Waals surface area contributed by atoms with Gasteiger partial charge in [-0.3, -0.25) is 4.99 Å². The van der Waals surface area contributed by atoms with Gasteiger partial charge in [-0.15, -0.1) is 24.0 Å². The number of ether oxygens (including phenoxy) is 1. The lowest BCUT2D eigenvalue weighted by Gasteiger charge is -2.20. The number of aromatic nitrogens is 1. The molecule has 164 valence electrons. The van der Waals surface area contributed by atoms with Crippen LogP contribution in [0.2, 0.25) is 0 Å². The highest BCUT2D eigenvalue weighted by molar-refractivity contribution is 14.0. The third kappa shape index (κ3) is 7.30. The zero-order valence-electron chi connectivity index (χ0n) is 17.6. The summed E-state index contributed by atoms with van der Waals surface area (Å²) >= 11 is 0. The molecular weight excluding hydrogens is 496 g/mol. The molecule has 0 spiro atoms. The van der Waals surface area contributed by atoms with Crippen LogP contribution in [-0.2, 0) is 0 Å². The molecule has 1 saturated heterocycles. The number of aryl methyl sites for hydroxylation is 1. The van der Waals surface area contributed by atoms with E-state index >= 15 is 0 Å². The highest BCUT2D eigenvalue weighted by Crippen LogP contribution is 2.20. The van der Waals surface area contributed by atoms with Gasteiger partial charge in [-0.2, -0.15) is 0 Å². The number of guanidine groups is 1. The Morgan fingerprint density at radius 2 is 2.07 bits per heavy atom. The minimum absolute atomic E-state index is 0. The van der Waals surface area contributed by atoms with Gasteiger partial charge in [-0.25, -0.2) is 9.37 Å². The highest BCUT2D eigenvalue weighted by Gasteiger charge is 2.25. The number of hydrogen-bond donors (Lipinski definition) is 2. The van der Waals surface area contributed by atoms with Crippen molar-refractivity contribution in [1.29, 1.82) is 0 Å². The van der Waals surface area contributed by atoms with Gasteiger partial charge in [0.15, 0.2) is 17.6 Å². The van der Waals surface area contributed by atoms with E-state index in [1.54, 1.807) is 19.3 Å². The van der Waals surface area contributed by atoms with Crippen LogP contribution in [0.5, 0.6) is 5.75 Å². The average molecular weight is 527 g/mol. The second-order valence-corrected chi connectivity index (χ2v) is 7.25. The first-order valence-corrected chi connectivity index (χ1v) is 10.2. The summed E-state index contributed by atoms with van der Waals surface area (Å²) < 4.78 is 19.7. The van der Waals surface area contributed by atoms with Crippen molar-refractivity contribution in [3.8, 4) is 5.75 Å². The molecule has 2 aromatic rings. The smallest absolute Gasteiger partial charge is 0.191 e. The predicted octanol–water partition coefficient (Wildman–Crippen LogP) is 3.75. The molecule has 1 aromatic carbocycles. The quantitative estimate of drug-likeness (QED) is 0.237. The molecule has 2 heterocycles. The molecule has 0 bridgehead atoms. The molecule has 0 radical (unpaired) electrons. The topological polar surface area (TPSA) is 61.8 Å². The lowest BCUT2D eigenvalue weighted by atomic mass is 10.2. The SMILES string of the molecule is CN=C(NCCCCOc1ccc(C)cc1)NC1CCN(c2ncccc2F)C1.I. The van der Waals surface area contributed by atoms with E-state index in [2.05, 4.69) is 39.7 Å². The number of halogens is 2. The molecule has 1 aliphatic rings. The number of nitrogens with one attached hydrogen (secondary N) is 2. The fourth-order valence-corrected chi connectivity index (χ4v) is 3.33. The van der Waals surface area contributed by atoms with E-state index in [0.717, 1.165) is 44.1 Å². The van der Waals surface area contributed by atoms with Crippen LogP contribution < -0.4 is 20.3 Å². The fraction of sp³-hybridized carbons (Fsp3) is 0.455. The Morgan fingerprint density at radius 1 is 1.27 bits per heavy atom. The van der Waals surface area contributed by atoms with E-state index < -0.39 is 0 Å². The van der Waals surface area contributed by atoms with Crippen molar-refractivity contribution in [2.75, 3.05) is 38.2 Å². The fourth-order valence-electron chi connectivity index (χ4n) is 3.33. The minimum atomic E-state index is -0.275. The van der Waals surface area contributed by atoms with Gasteiger partial charge in [-0.05, 0) is 50.5 Å². The summed E-state index contributed by atoms with van der Waals surface area (Å²) in [7, 11) is 1.76.